The molecule has 0 rings (SSSR count). The Bertz CT molecular complexity index is 194. The predicted molar refractivity (Wildman–Crippen MR) is 54.4 cm³/mol. The average Bonchev–Trinajstić information content (AvgIpc) is 2.02. The Balaban J connectivity index is 4.43. The number of rotatable bonds is 8. The molecule has 0 amide bonds. The molecule has 0 aromatic heterocycles. The smallest absolute Gasteiger partial charge is 0.371 e. The zero-order valence-corrected chi connectivity index (χ0v) is 10.1. The third kappa shape index (κ3) is 5.96. The van der Waals surface area contributed by atoms with Gasteiger partial charge in [0.05, 0.1) is 6.42 Å². The third-order valence-corrected chi connectivity index (χ3v) is 4.01. The molecular formula is C9H17F3O2Si. The van der Waals surface area contributed by atoms with E-state index in [1.165, 1.54) is 0 Å². The van der Waals surface area contributed by atoms with E-state index in [-0.39, 0.29) is 12.7 Å². The zero-order valence-electron chi connectivity index (χ0n) is 9.06. The van der Waals surface area contributed by atoms with Crippen LogP contribution in [0.2, 0.25) is 6.04 Å². The van der Waals surface area contributed by atoms with Crippen molar-refractivity contribution < 1.29 is 21.7 Å². The lowest BCUT2D eigenvalue weighted by Crippen LogP contribution is -2.43. The molecule has 15 heavy (non-hydrogen) atoms. The number of alkyl halides is 2. The highest BCUT2D eigenvalue weighted by molar-refractivity contribution is 6.60. The molecule has 1 atom stereocenters. The van der Waals surface area contributed by atoms with E-state index in [2.05, 4.69) is 15.4 Å². The largest absolute Gasteiger partial charge is 0.544 e. The van der Waals surface area contributed by atoms with Gasteiger partial charge < -0.3 is 8.85 Å². The summed E-state index contributed by atoms with van der Waals surface area (Å²) in [5, 5.41) is 0. The van der Waals surface area contributed by atoms with Crippen LogP contribution in [0.1, 0.15) is 26.7 Å². The molecule has 0 heterocycles. The quantitative estimate of drug-likeness (QED) is 0.368. The van der Waals surface area contributed by atoms with Gasteiger partial charge in [0.25, 0.3) is 0 Å². The van der Waals surface area contributed by atoms with Crippen LogP contribution in [0.3, 0.4) is 0 Å². The third-order valence-electron chi connectivity index (χ3n) is 1.59. The Kier molecular flexibility index (Phi) is 6.15. The molecule has 0 aromatic rings. The fourth-order valence-corrected chi connectivity index (χ4v) is 2.96. The van der Waals surface area contributed by atoms with Gasteiger partial charge >= 0.3 is 15.0 Å². The van der Waals surface area contributed by atoms with Crippen LogP contribution in [-0.4, -0.2) is 21.6 Å². The van der Waals surface area contributed by atoms with Gasteiger partial charge in [-0.25, -0.2) is 4.11 Å². The van der Waals surface area contributed by atoms with E-state index in [0.717, 1.165) is 6.08 Å². The van der Waals surface area contributed by atoms with Gasteiger partial charge in [0.15, 0.2) is 0 Å². The first-order valence-electron chi connectivity index (χ1n) is 4.91. The standard InChI is InChI=1S/C9H17F3O2Si/c1-4-7-9(10,11)14-15(12,8-5-2)13-6-3/h4H,1,5-8H2,2-3H3. The second-order valence-corrected chi connectivity index (χ2v) is 5.39. The molecule has 2 nitrogen and oxygen atoms in total. The van der Waals surface area contributed by atoms with E-state index in [1.54, 1.807) is 13.8 Å². The molecule has 90 valence electrons. The fourth-order valence-electron chi connectivity index (χ4n) is 1.10. The molecule has 0 aliphatic carbocycles. The van der Waals surface area contributed by atoms with Crippen LogP contribution in [0.5, 0.6) is 0 Å². The second-order valence-electron chi connectivity index (χ2n) is 3.08. The van der Waals surface area contributed by atoms with Crippen molar-refractivity contribution in [3.05, 3.63) is 12.7 Å². The van der Waals surface area contributed by atoms with Crippen molar-refractivity contribution in [3.8, 4) is 0 Å². The van der Waals surface area contributed by atoms with Gasteiger partial charge in [0.1, 0.15) is 0 Å². The molecule has 0 aliphatic rings. The van der Waals surface area contributed by atoms with Crippen molar-refractivity contribution in [2.45, 2.75) is 38.8 Å². The first-order valence-corrected chi connectivity index (χ1v) is 6.81. The maximum atomic E-state index is 13.8. The summed E-state index contributed by atoms with van der Waals surface area (Å²) in [6.45, 7) is 6.43. The SMILES string of the molecule is C=CCC(F)(F)O[Si](F)(CCC)OCC. The van der Waals surface area contributed by atoms with E-state index < -0.39 is 21.4 Å². The molecule has 0 saturated carbocycles. The lowest BCUT2D eigenvalue weighted by Gasteiger charge is -2.25. The van der Waals surface area contributed by atoms with E-state index in [4.69, 9.17) is 0 Å². The van der Waals surface area contributed by atoms with Crippen LogP contribution in [-0.2, 0) is 8.85 Å². The molecule has 0 saturated heterocycles. The summed E-state index contributed by atoms with van der Waals surface area (Å²) >= 11 is 0. The van der Waals surface area contributed by atoms with E-state index >= 15 is 0 Å². The molecule has 6 heteroatoms. The summed E-state index contributed by atoms with van der Waals surface area (Å²) in [6, 6.07) is -0.0897. The molecule has 0 bridgehead atoms. The van der Waals surface area contributed by atoms with Crippen LogP contribution in [0, 0.1) is 0 Å². The Morgan fingerprint density at radius 2 is 2.00 bits per heavy atom. The molecular weight excluding hydrogens is 225 g/mol. The molecule has 0 aromatic carbocycles. The van der Waals surface area contributed by atoms with Crippen LogP contribution in [0.15, 0.2) is 12.7 Å². The normalized spacial score (nSPS) is 16.1. The van der Waals surface area contributed by atoms with Crippen molar-refractivity contribution in [1.82, 2.24) is 0 Å². The van der Waals surface area contributed by atoms with Gasteiger partial charge in [0, 0.05) is 12.7 Å². The monoisotopic (exact) mass is 242 g/mol. The number of halogens is 3. The minimum Gasteiger partial charge on any atom is -0.371 e. The maximum Gasteiger partial charge on any atom is 0.544 e. The summed E-state index contributed by atoms with van der Waals surface area (Å²) in [4.78, 5) is 0. The Morgan fingerprint density at radius 3 is 2.40 bits per heavy atom. The maximum absolute atomic E-state index is 13.8. The molecule has 0 fully saturated rings. The molecule has 1 unspecified atom stereocenters. The summed E-state index contributed by atoms with van der Waals surface area (Å²) in [7, 11) is -4.22. The van der Waals surface area contributed by atoms with Crippen molar-refractivity contribution >= 4 is 8.89 Å². The van der Waals surface area contributed by atoms with Gasteiger partial charge in [-0.3, -0.25) is 0 Å². The minimum atomic E-state index is -4.22. The lowest BCUT2D eigenvalue weighted by molar-refractivity contribution is -0.197. The van der Waals surface area contributed by atoms with Gasteiger partial charge in [-0.1, -0.05) is 19.4 Å². The minimum absolute atomic E-state index is 0.0346. The van der Waals surface area contributed by atoms with E-state index in [0.29, 0.717) is 6.42 Å². The van der Waals surface area contributed by atoms with E-state index in [1.807, 2.05) is 0 Å². The Labute approximate surface area is 89.5 Å². The lowest BCUT2D eigenvalue weighted by atomic mass is 10.4. The van der Waals surface area contributed by atoms with Crippen molar-refractivity contribution in [2.75, 3.05) is 6.61 Å². The van der Waals surface area contributed by atoms with E-state index in [9.17, 15) is 12.9 Å². The van der Waals surface area contributed by atoms with Gasteiger partial charge in [-0.2, -0.15) is 8.78 Å². The van der Waals surface area contributed by atoms with Crippen LogP contribution >= 0.6 is 0 Å². The van der Waals surface area contributed by atoms with Gasteiger partial charge in [0.2, 0.25) is 0 Å². The highest BCUT2D eigenvalue weighted by Gasteiger charge is 2.47. The van der Waals surface area contributed by atoms with Gasteiger partial charge in [-0.15, -0.1) is 6.58 Å². The van der Waals surface area contributed by atoms with Crippen LogP contribution in [0.25, 0.3) is 0 Å². The highest BCUT2D eigenvalue weighted by atomic mass is 28.4. The Hall–Kier alpha value is -0.333. The predicted octanol–water partition coefficient (Wildman–Crippen LogP) is 3.53. The zero-order chi connectivity index (χ0) is 11.9. The summed E-state index contributed by atoms with van der Waals surface area (Å²) in [5.74, 6) is 0. The first-order chi connectivity index (χ1) is 6.89. The fraction of sp³-hybridized carbons (Fsp3) is 0.778. The van der Waals surface area contributed by atoms with Crippen molar-refractivity contribution in [3.63, 3.8) is 0 Å². The highest BCUT2D eigenvalue weighted by Crippen LogP contribution is 2.29. The molecule has 0 spiro atoms. The first kappa shape index (κ1) is 14.7. The van der Waals surface area contributed by atoms with Crippen molar-refractivity contribution in [2.24, 2.45) is 0 Å². The topological polar surface area (TPSA) is 18.5 Å². The summed E-state index contributed by atoms with van der Waals surface area (Å²) in [6.07, 6.45) is -2.82. The average molecular weight is 242 g/mol. The summed E-state index contributed by atoms with van der Waals surface area (Å²) in [5.41, 5.74) is 0. The van der Waals surface area contributed by atoms with Crippen molar-refractivity contribution in [1.29, 1.82) is 0 Å². The number of hydrogen-bond donors (Lipinski definition) is 0. The molecule has 0 radical (unpaired) electrons. The summed E-state index contributed by atoms with van der Waals surface area (Å²) < 4.78 is 48.6. The Morgan fingerprint density at radius 1 is 1.40 bits per heavy atom. The molecule has 0 N–H and O–H groups in total. The van der Waals surface area contributed by atoms with Gasteiger partial charge in [-0.05, 0) is 6.92 Å². The second kappa shape index (κ2) is 6.29. The van der Waals surface area contributed by atoms with Crippen LogP contribution < -0.4 is 0 Å². The molecule has 0 aliphatic heterocycles. The van der Waals surface area contributed by atoms with Crippen LogP contribution in [0.4, 0.5) is 12.9 Å². The number of hydrogen-bond acceptors (Lipinski definition) is 2.